The van der Waals surface area contributed by atoms with Crippen LogP contribution in [0.15, 0.2) is 44.4 Å². The molecule has 0 aliphatic carbocycles. The lowest BCUT2D eigenvalue weighted by Gasteiger charge is -2.35. The summed E-state index contributed by atoms with van der Waals surface area (Å²) in [6.07, 6.45) is 1.94. The molecule has 0 spiro atoms. The average Bonchev–Trinajstić information content (AvgIpc) is 3.02. The van der Waals surface area contributed by atoms with E-state index < -0.39 is 10.0 Å². The minimum atomic E-state index is -3.43. The van der Waals surface area contributed by atoms with Gasteiger partial charge in [0.1, 0.15) is 4.21 Å². The highest BCUT2D eigenvalue weighted by Gasteiger charge is 2.24. The Morgan fingerprint density at radius 3 is 2.67 bits per heavy atom. The Morgan fingerprint density at radius 2 is 2.00 bits per heavy atom. The summed E-state index contributed by atoms with van der Waals surface area (Å²) in [5.41, 5.74) is 2.76. The predicted octanol–water partition coefficient (Wildman–Crippen LogP) is 3.63. The summed E-state index contributed by atoms with van der Waals surface area (Å²) in [5, 5.41) is 0. The van der Waals surface area contributed by atoms with Crippen LogP contribution in [0.2, 0.25) is 0 Å². The van der Waals surface area contributed by atoms with Gasteiger partial charge in [0.25, 0.3) is 0 Å². The molecule has 1 unspecified atom stereocenters. The largest absolute Gasteiger partial charge is 0.295 e. The fourth-order valence-electron chi connectivity index (χ4n) is 3.08. The van der Waals surface area contributed by atoms with Crippen LogP contribution in [-0.2, 0) is 23.0 Å². The fourth-order valence-corrected chi connectivity index (χ4v) is 6.21. The molecule has 1 atom stereocenters. The van der Waals surface area contributed by atoms with Gasteiger partial charge in [-0.25, -0.2) is 13.1 Å². The molecule has 1 aliphatic rings. The van der Waals surface area contributed by atoms with Crippen molar-refractivity contribution in [3.8, 4) is 0 Å². The minimum absolute atomic E-state index is 0.205. The Hall–Kier alpha value is -0.730. The van der Waals surface area contributed by atoms with E-state index in [-0.39, 0.29) is 6.04 Å². The van der Waals surface area contributed by atoms with Gasteiger partial charge in [-0.05, 0) is 52.0 Å². The number of hydrogen-bond acceptors (Lipinski definition) is 4. The number of hydrogen-bond donors (Lipinski definition) is 1. The van der Waals surface area contributed by atoms with E-state index in [2.05, 4.69) is 56.7 Å². The lowest BCUT2D eigenvalue weighted by atomic mass is 9.98. The third kappa shape index (κ3) is 4.08. The fraction of sp³-hybridized carbons (Fsp3) is 0.412. The lowest BCUT2D eigenvalue weighted by Crippen LogP contribution is -2.45. The van der Waals surface area contributed by atoms with Crippen LogP contribution < -0.4 is 4.72 Å². The van der Waals surface area contributed by atoms with Crippen molar-refractivity contribution in [3.63, 3.8) is 0 Å². The third-order valence-corrected chi connectivity index (χ3v) is 8.01. The van der Waals surface area contributed by atoms with E-state index in [0.29, 0.717) is 10.8 Å². The number of sulfonamides is 1. The number of halogens is 1. The van der Waals surface area contributed by atoms with Crippen molar-refractivity contribution in [3.05, 3.63) is 51.3 Å². The maximum Gasteiger partial charge on any atom is 0.250 e. The van der Waals surface area contributed by atoms with Gasteiger partial charge in [0.15, 0.2) is 0 Å². The van der Waals surface area contributed by atoms with Crippen molar-refractivity contribution >= 4 is 37.3 Å². The van der Waals surface area contributed by atoms with Gasteiger partial charge in [0.2, 0.25) is 10.0 Å². The van der Waals surface area contributed by atoms with E-state index >= 15 is 0 Å². The molecule has 7 heteroatoms. The standard InChI is InChI=1S/C17H21BrN2O2S2/c1-2-15(11-19-24(21,22)17-8-7-16(18)23-17)20-10-9-13-5-3-4-6-14(13)12-20/h3-8,15,19H,2,9-12H2,1H3. The first kappa shape index (κ1) is 18.1. The molecule has 24 heavy (non-hydrogen) atoms. The van der Waals surface area contributed by atoms with E-state index in [1.165, 1.54) is 22.5 Å². The molecular formula is C17H21BrN2O2S2. The summed E-state index contributed by atoms with van der Waals surface area (Å²) in [6.45, 7) is 4.42. The Morgan fingerprint density at radius 1 is 1.25 bits per heavy atom. The summed E-state index contributed by atoms with van der Waals surface area (Å²) in [5.74, 6) is 0. The molecule has 1 aromatic heterocycles. The second kappa shape index (κ2) is 7.66. The topological polar surface area (TPSA) is 49.4 Å². The van der Waals surface area contributed by atoms with Gasteiger partial charge < -0.3 is 0 Å². The molecule has 130 valence electrons. The molecule has 0 saturated heterocycles. The number of benzene rings is 1. The highest BCUT2D eigenvalue weighted by molar-refractivity contribution is 9.11. The molecule has 2 heterocycles. The van der Waals surface area contributed by atoms with Gasteiger partial charge in [-0.2, -0.15) is 0 Å². The van der Waals surface area contributed by atoms with Crippen LogP contribution in [0.3, 0.4) is 0 Å². The van der Waals surface area contributed by atoms with Gasteiger partial charge in [-0.1, -0.05) is 31.2 Å². The van der Waals surface area contributed by atoms with Gasteiger partial charge >= 0.3 is 0 Å². The molecule has 0 bridgehead atoms. The monoisotopic (exact) mass is 428 g/mol. The van der Waals surface area contributed by atoms with Gasteiger partial charge in [-0.15, -0.1) is 11.3 Å². The van der Waals surface area contributed by atoms with Crippen LogP contribution in [0.5, 0.6) is 0 Å². The molecular weight excluding hydrogens is 408 g/mol. The van der Waals surface area contributed by atoms with E-state index in [4.69, 9.17) is 0 Å². The first-order valence-corrected chi connectivity index (χ1v) is 11.1. The molecule has 0 fully saturated rings. The number of nitrogens with zero attached hydrogens (tertiary/aromatic N) is 1. The zero-order valence-corrected chi connectivity index (χ0v) is 16.8. The maximum atomic E-state index is 12.4. The first-order valence-electron chi connectivity index (χ1n) is 8.05. The van der Waals surface area contributed by atoms with Crippen LogP contribution in [0.4, 0.5) is 0 Å². The third-order valence-electron chi connectivity index (χ3n) is 4.47. The van der Waals surface area contributed by atoms with Gasteiger partial charge in [0, 0.05) is 25.7 Å². The smallest absolute Gasteiger partial charge is 0.250 e. The quantitative estimate of drug-likeness (QED) is 0.763. The molecule has 1 N–H and O–H groups in total. The zero-order chi connectivity index (χ0) is 17.2. The summed E-state index contributed by atoms with van der Waals surface area (Å²) in [4.78, 5) is 2.38. The van der Waals surface area contributed by atoms with Crippen LogP contribution in [0.25, 0.3) is 0 Å². The number of rotatable bonds is 6. The Bertz CT molecular complexity index is 804. The highest BCUT2D eigenvalue weighted by atomic mass is 79.9. The second-order valence-corrected chi connectivity index (χ2v) is 10.4. The van der Waals surface area contributed by atoms with Crippen LogP contribution in [0.1, 0.15) is 24.5 Å². The first-order chi connectivity index (χ1) is 11.5. The molecule has 1 aromatic carbocycles. The van der Waals surface area contributed by atoms with Crippen molar-refractivity contribution in [1.82, 2.24) is 9.62 Å². The van der Waals surface area contributed by atoms with Crippen molar-refractivity contribution < 1.29 is 8.42 Å². The van der Waals surface area contributed by atoms with Crippen LogP contribution >= 0.6 is 27.3 Å². The van der Waals surface area contributed by atoms with Crippen LogP contribution in [-0.4, -0.2) is 32.4 Å². The molecule has 3 rings (SSSR count). The second-order valence-electron chi connectivity index (χ2n) is 5.96. The predicted molar refractivity (Wildman–Crippen MR) is 102 cm³/mol. The normalized spacial score (nSPS) is 16.8. The van der Waals surface area contributed by atoms with Crippen molar-refractivity contribution in [1.29, 1.82) is 0 Å². The van der Waals surface area contributed by atoms with Crippen molar-refractivity contribution in [2.45, 2.75) is 36.6 Å². The van der Waals surface area contributed by atoms with E-state index in [1.54, 1.807) is 12.1 Å². The highest BCUT2D eigenvalue weighted by Crippen LogP contribution is 2.26. The summed E-state index contributed by atoms with van der Waals surface area (Å²) in [6, 6.07) is 12.1. The van der Waals surface area contributed by atoms with Crippen LogP contribution in [0, 0.1) is 0 Å². The molecule has 0 saturated carbocycles. The average molecular weight is 429 g/mol. The van der Waals surface area contributed by atoms with E-state index in [0.717, 1.165) is 29.7 Å². The van der Waals surface area contributed by atoms with Gasteiger partial charge in [-0.3, -0.25) is 4.90 Å². The summed E-state index contributed by atoms with van der Waals surface area (Å²) in [7, 11) is -3.43. The minimum Gasteiger partial charge on any atom is -0.295 e. The molecule has 0 amide bonds. The molecule has 2 aromatic rings. The molecule has 0 radical (unpaired) electrons. The SMILES string of the molecule is CCC(CNS(=O)(=O)c1ccc(Br)s1)N1CCc2ccccc2C1. The molecule has 4 nitrogen and oxygen atoms in total. The zero-order valence-electron chi connectivity index (χ0n) is 13.5. The number of fused-ring (bicyclic) bond motifs is 1. The summed E-state index contributed by atoms with van der Waals surface area (Å²) >= 11 is 4.55. The van der Waals surface area contributed by atoms with E-state index in [9.17, 15) is 8.42 Å². The lowest BCUT2D eigenvalue weighted by molar-refractivity contribution is 0.175. The Labute approximate surface area is 156 Å². The Balaban J connectivity index is 1.65. The Kier molecular flexibility index (Phi) is 5.77. The summed E-state index contributed by atoms with van der Waals surface area (Å²) < 4.78 is 28.8. The molecule has 1 aliphatic heterocycles. The van der Waals surface area contributed by atoms with Crippen molar-refractivity contribution in [2.75, 3.05) is 13.1 Å². The number of thiophene rings is 1. The van der Waals surface area contributed by atoms with Crippen molar-refractivity contribution in [2.24, 2.45) is 0 Å². The van der Waals surface area contributed by atoms with E-state index in [1.807, 2.05) is 0 Å². The number of nitrogens with one attached hydrogen (secondary N) is 1. The maximum absolute atomic E-state index is 12.4. The van der Waals surface area contributed by atoms with Gasteiger partial charge in [0.05, 0.1) is 3.79 Å².